The molecule has 94 valence electrons. The van der Waals surface area contributed by atoms with Gasteiger partial charge in [-0.05, 0) is 48.9 Å². The SMILES string of the molecule is CC1(C)C2CCC(CCOS(C)(=O)=O)C1C2. The van der Waals surface area contributed by atoms with Crippen LogP contribution in [0.25, 0.3) is 0 Å². The van der Waals surface area contributed by atoms with Crippen LogP contribution < -0.4 is 0 Å². The molecule has 0 aromatic carbocycles. The van der Waals surface area contributed by atoms with Gasteiger partial charge >= 0.3 is 0 Å². The van der Waals surface area contributed by atoms with Gasteiger partial charge in [-0.25, -0.2) is 0 Å². The van der Waals surface area contributed by atoms with Crippen LogP contribution in [0.1, 0.15) is 39.5 Å². The van der Waals surface area contributed by atoms with Crippen molar-refractivity contribution < 1.29 is 12.6 Å². The molecule has 3 aliphatic rings. The van der Waals surface area contributed by atoms with Crippen LogP contribution in [0, 0.1) is 23.2 Å². The van der Waals surface area contributed by atoms with Crippen molar-refractivity contribution >= 4 is 10.1 Å². The minimum Gasteiger partial charge on any atom is -0.270 e. The van der Waals surface area contributed by atoms with E-state index >= 15 is 0 Å². The molecule has 2 bridgehead atoms. The molecule has 3 nitrogen and oxygen atoms in total. The van der Waals surface area contributed by atoms with Gasteiger partial charge in [0.1, 0.15) is 0 Å². The van der Waals surface area contributed by atoms with Crippen LogP contribution in [-0.4, -0.2) is 21.3 Å². The minimum absolute atomic E-state index is 0.362. The fourth-order valence-electron chi connectivity index (χ4n) is 3.66. The van der Waals surface area contributed by atoms with Crippen LogP contribution in [0.4, 0.5) is 0 Å². The quantitative estimate of drug-likeness (QED) is 0.716. The molecule has 0 amide bonds. The molecule has 0 heterocycles. The highest BCUT2D eigenvalue weighted by Gasteiger charge is 2.53. The smallest absolute Gasteiger partial charge is 0.264 e. The average Bonchev–Trinajstić information content (AvgIpc) is 2.15. The van der Waals surface area contributed by atoms with E-state index < -0.39 is 10.1 Å². The van der Waals surface area contributed by atoms with Gasteiger partial charge in [0.05, 0.1) is 12.9 Å². The van der Waals surface area contributed by atoms with E-state index in [1.165, 1.54) is 19.3 Å². The zero-order valence-electron chi connectivity index (χ0n) is 10.4. The fraction of sp³-hybridized carbons (Fsp3) is 1.00. The Hall–Kier alpha value is -0.0900. The van der Waals surface area contributed by atoms with E-state index in [0.29, 0.717) is 17.9 Å². The Morgan fingerprint density at radius 3 is 2.50 bits per heavy atom. The summed E-state index contributed by atoms with van der Waals surface area (Å²) >= 11 is 0. The third kappa shape index (κ3) is 2.28. The number of hydrogen-bond donors (Lipinski definition) is 0. The first kappa shape index (κ1) is 12.4. The van der Waals surface area contributed by atoms with Crippen molar-refractivity contribution in [2.24, 2.45) is 23.2 Å². The summed E-state index contributed by atoms with van der Waals surface area (Å²) in [5.41, 5.74) is 0.480. The second kappa shape index (κ2) is 3.98. The molecule has 0 radical (unpaired) electrons. The van der Waals surface area contributed by atoms with Crippen LogP contribution in [0.2, 0.25) is 0 Å². The van der Waals surface area contributed by atoms with Gasteiger partial charge in [0, 0.05) is 0 Å². The Kier molecular flexibility index (Phi) is 3.08. The van der Waals surface area contributed by atoms with Gasteiger partial charge in [-0.3, -0.25) is 4.18 Å². The molecule has 0 aromatic rings. The molecule has 0 spiro atoms. The lowest BCUT2D eigenvalue weighted by molar-refractivity contribution is -0.108. The van der Waals surface area contributed by atoms with E-state index in [1.54, 1.807) is 0 Å². The van der Waals surface area contributed by atoms with Gasteiger partial charge in [0.15, 0.2) is 0 Å². The van der Waals surface area contributed by atoms with Crippen LogP contribution in [-0.2, 0) is 14.3 Å². The van der Waals surface area contributed by atoms with E-state index in [2.05, 4.69) is 13.8 Å². The fourth-order valence-corrected chi connectivity index (χ4v) is 4.06. The molecule has 3 aliphatic carbocycles. The molecule has 0 aliphatic heterocycles. The van der Waals surface area contributed by atoms with E-state index in [9.17, 15) is 8.42 Å². The first-order chi connectivity index (χ1) is 7.31. The van der Waals surface area contributed by atoms with Crippen LogP contribution in [0.3, 0.4) is 0 Å². The second-order valence-corrected chi connectivity index (χ2v) is 7.66. The van der Waals surface area contributed by atoms with Gasteiger partial charge in [-0.2, -0.15) is 8.42 Å². The number of rotatable bonds is 4. The zero-order chi connectivity index (χ0) is 12.0. The average molecular weight is 246 g/mol. The largest absolute Gasteiger partial charge is 0.270 e. The number of fused-ring (bicyclic) bond motifs is 2. The first-order valence-electron chi connectivity index (χ1n) is 6.15. The summed E-state index contributed by atoms with van der Waals surface area (Å²) in [6, 6.07) is 0. The summed E-state index contributed by atoms with van der Waals surface area (Å²) < 4.78 is 26.6. The van der Waals surface area contributed by atoms with E-state index in [0.717, 1.165) is 24.5 Å². The summed E-state index contributed by atoms with van der Waals surface area (Å²) in [4.78, 5) is 0. The highest BCUT2D eigenvalue weighted by Crippen LogP contribution is 2.61. The first-order valence-corrected chi connectivity index (χ1v) is 7.97. The van der Waals surface area contributed by atoms with Gasteiger partial charge in [0.2, 0.25) is 0 Å². The molecular weight excluding hydrogens is 224 g/mol. The van der Waals surface area contributed by atoms with Crippen molar-refractivity contribution in [3.8, 4) is 0 Å². The molecule has 0 aromatic heterocycles. The van der Waals surface area contributed by atoms with Gasteiger partial charge < -0.3 is 0 Å². The number of hydrogen-bond acceptors (Lipinski definition) is 3. The molecule has 0 N–H and O–H groups in total. The Morgan fingerprint density at radius 1 is 1.31 bits per heavy atom. The molecule has 3 atom stereocenters. The van der Waals surface area contributed by atoms with Gasteiger partial charge in [0.25, 0.3) is 10.1 Å². The maximum Gasteiger partial charge on any atom is 0.264 e. The lowest BCUT2D eigenvalue weighted by Crippen LogP contribution is -2.52. The predicted molar refractivity (Wildman–Crippen MR) is 63.5 cm³/mol. The molecular formula is C12H22O3S. The maximum absolute atomic E-state index is 10.9. The van der Waals surface area contributed by atoms with Gasteiger partial charge in [-0.1, -0.05) is 13.8 Å². The third-order valence-corrected chi connectivity index (χ3v) is 5.38. The molecule has 3 rings (SSSR count). The van der Waals surface area contributed by atoms with Gasteiger partial charge in [-0.15, -0.1) is 0 Å². The molecule has 16 heavy (non-hydrogen) atoms. The minimum atomic E-state index is -3.26. The molecule has 3 unspecified atom stereocenters. The van der Waals surface area contributed by atoms with E-state index in [4.69, 9.17) is 4.18 Å². The standard InChI is InChI=1S/C12H22O3S/c1-12(2)10-5-4-9(11(12)8-10)6-7-15-16(3,13)14/h9-11H,4-8H2,1-3H3. The Bertz CT molecular complexity index is 356. The monoisotopic (exact) mass is 246 g/mol. The summed E-state index contributed by atoms with van der Waals surface area (Å²) in [6.07, 6.45) is 5.93. The van der Waals surface area contributed by atoms with Crippen molar-refractivity contribution in [1.29, 1.82) is 0 Å². The third-order valence-electron chi connectivity index (χ3n) is 4.79. The molecule has 3 saturated carbocycles. The summed E-state index contributed by atoms with van der Waals surface area (Å²) in [5.74, 6) is 2.36. The Morgan fingerprint density at radius 2 is 2.00 bits per heavy atom. The summed E-state index contributed by atoms with van der Waals surface area (Å²) in [7, 11) is -3.26. The van der Waals surface area contributed by atoms with Crippen molar-refractivity contribution in [2.75, 3.05) is 12.9 Å². The molecule has 0 saturated heterocycles. The van der Waals surface area contributed by atoms with Crippen LogP contribution >= 0.6 is 0 Å². The van der Waals surface area contributed by atoms with E-state index in [-0.39, 0.29) is 0 Å². The van der Waals surface area contributed by atoms with Crippen molar-refractivity contribution in [3.05, 3.63) is 0 Å². The Balaban J connectivity index is 1.83. The second-order valence-electron chi connectivity index (χ2n) is 6.01. The highest BCUT2D eigenvalue weighted by atomic mass is 32.2. The normalized spacial score (nSPS) is 36.8. The summed E-state index contributed by atoms with van der Waals surface area (Å²) in [6.45, 7) is 5.07. The van der Waals surface area contributed by atoms with Crippen LogP contribution in [0.15, 0.2) is 0 Å². The van der Waals surface area contributed by atoms with Crippen molar-refractivity contribution in [2.45, 2.75) is 39.5 Å². The Labute approximate surface area is 98.7 Å². The predicted octanol–water partition coefficient (Wildman–Crippen LogP) is 2.43. The lowest BCUT2D eigenvalue weighted by atomic mass is 9.45. The van der Waals surface area contributed by atoms with Crippen molar-refractivity contribution in [3.63, 3.8) is 0 Å². The van der Waals surface area contributed by atoms with E-state index in [1.807, 2.05) is 0 Å². The van der Waals surface area contributed by atoms with Crippen LogP contribution in [0.5, 0.6) is 0 Å². The highest BCUT2D eigenvalue weighted by molar-refractivity contribution is 7.85. The maximum atomic E-state index is 10.9. The molecule has 3 fully saturated rings. The topological polar surface area (TPSA) is 43.4 Å². The lowest BCUT2D eigenvalue weighted by Gasteiger charge is -2.60. The zero-order valence-corrected chi connectivity index (χ0v) is 11.2. The molecule has 4 heteroatoms. The van der Waals surface area contributed by atoms with Crippen molar-refractivity contribution in [1.82, 2.24) is 0 Å². The summed E-state index contributed by atoms with van der Waals surface area (Å²) in [5, 5.41) is 0.